The Morgan fingerprint density at radius 3 is 2.34 bits per heavy atom. The molecule has 4 aromatic rings. The van der Waals surface area contributed by atoms with Crippen molar-refractivity contribution in [3.05, 3.63) is 87.0 Å². The van der Waals surface area contributed by atoms with Crippen LogP contribution in [0.1, 0.15) is 21.5 Å². The second-order valence-corrected chi connectivity index (χ2v) is 10.2. The van der Waals surface area contributed by atoms with Gasteiger partial charge in [-0.1, -0.05) is 35.1 Å². The van der Waals surface area contributed by atoms with E-state index in [0.29, 0.717) is 16.9 Å². The van der Waals surface area contributed by atoms with E-state index in [-0.39, 0.29) is 15.3 Å². The molecule has 2 N–H and O–H groups in total. The Labute approximate surface area is 189 Å². The molecule has 0 unspecified atom stereocenters. The summed E-state index contributed by atoms with van der Waals surface area (Å²) in [7, 11) is -2.19. The van der Waals surface area contributed by atoms with Gasteiger partial charge in [-0.05, 0) is 61.9 Å². The van der Waals surface area contributed by atoms with Crippen LogP contribution in [0.25, 0.3) is 10.2 Å². The Hall–Kier alpha value is -3.43. The first-order valence-corrected chi connectivity index (χ1v) is 12.0. The van der Waals surface area contributed by atoms with Crippen LogP contribution in [0.4, 0.5) is 11.4 Å². The lowest BCUT2D eigenvalue weighted by Crippen LogP contribution is -2.17. The van der Waals surface area contributed by atoms with Gasteiger partial charge in [-0.25, -0.2) is 8.42 Å². The third-order valence-corrected chi connectivity index (χ3v) is 7.61. The van der Waals surface area contributed by atoms with Gasteiger partial charge in [-0.15, -0.1) is 0 Å². The number of carbonyl (C=O) groups excluding carboxylic acids is 1. The zero-order valence-corrected chi connectivity index (χ0v) is 19.3. The van der Waals surface area contributed by atoms with E-state index in [1.807, 2.05) is 19.1 Å². The Morgan fingerprint density at radius 1 is 0.938 bits per heavy atom. The van der Waals surface area contributed by atoms with Gasteiger partial charge in [0.05, 0.1) is 15.1 Å². The van der Waals surface area contributed by atoms with Crippen molar-refractivity contribution in [2.45, 2.75) is 18.7 Å². The molecule has 0 aliphatic carbocycles. The molecule has 164 valence electrons. The summed E-state index contributed by atoms with van der Waals surface area (Å²) in [5, 5.41) is 2.77. The minimum atomic E-state index is -3.88. The Kier molecular flexibility index (Phi) is 5.62. The van der Waals surface area contributed by atoms with Crippen LogP contribution in [0.15, 0.2) is 70.4 Å². The topological polar surface area (TPSA) is 97.3 Å². The summed E-state index contributed by atoms with van der Waals surface area (Å²) in [6.07, 6.45) is 0. The number of nitrogens with one attached hydrogen (secondary N) is 2. The maximum atomic E-state index is 12.9. The molecule has 0 spiro atoms. The van der Waals surface area contributed by atoms with Gasteiger partial charge >= 0.3 is 4.87 Å². The minimum absolute atomic E-state index is 0.0301. The number of amides is 1. The second-order valence-electron chi connectivity index (χ2n) is 7.52. The molecule has 9 heteroatoms. The van der Waals surface area contributed by atoms with E-state index in [0.717, 1.165) is 27.1 Å². The van der Waals surface area contributed by atoms with E-state index < -0.39 is 15.9 Å². The van der Waals surface area contributed by atoms with Crippen molar-refractivity contribution in [3.8, 4) is 0 Å². The summed E-state index contributed by atoms with van der Waals surface area (Å²) in [5.41, 5.74) is 3.50. The van der Waals surface area contributed by atoms with Crippen LogP contribution in [-0.4, -0.2) is 18.9 Å². The van der Waals surface area contributed by atoms with Gasteiger partial charge in [0, 0.05) is 24.0 Å². The molecular formula is C23H21N3O4S2. The molecule has 0 fully saturated rings. The molecule has 0 saturated carbocycles. The fourth-order valence-electron chi connectivity index (χ4n) is 3.28. The maximum absolute atomic E-state index is 12.9. The van der Waals surface area contributed by atoms with E-state index in [2.05, 4.69) is 10.0 Å². The highest BCUT2D eigenvalue weighted by Crippen LogP contribution is 2.24. The molecule has 0 saturated heterocycles. The number of nitrogens with zero attached hydrogens (tertiary/aromatic N) is 1. The summed E-state index contributed by atoms with van der Waals surface area (Å²) in [5.74, 6) is -0.445. The van der Waals surface area contributed by atoms with Crippen molar-refractivity contribution in [3.63, 3.8) is 0 Å². The molecule has 7 nitrogen and oxygen atoms in total. The van der Waals surface area contributed by atoms with Crippen molar-refractivity contribution < 1.29 is 13.2 Å². The van der Waals surface area contributed by atoms with Gasteiger partial charge in [-0.3, -0.25) is 14.3 Å². The van der Waals surface area contributed by atoms with E-state index in [1.54, 1.807) is 61.0 Å². The van der Waals surface area contributed by atoms with Crippen LogP contribution in [0.3, 0.4) is 0 Å². The Balaban J connectivity index is 1.60. The van der Waals surface area contributed by atoms with E-state index in [4.69, 9.17) is 0 Å². The quantitative estimate of drug-likeness (QED) is 0.458. The first-order valence-electron chi connectivity index (χ1n) is 9.75. The van der Waals surface area contributed by atoms with Gasteiger partial charge in [-0.2, -0.15) is 0 Å². The molecule has 0 bridgehead atoms. The van der Waals surface area contributed by atoms with Crippen LogP contribution in [-0.2, 0) is 17.1 Å². The van der Waals surface area contributed by atoms with Gasteiger partial charge in [0.15, 0.2) is 0 Å². The van der Waals surface area contributed by atoms with Gasteiger partial charge in [0.2, 0.25) is 0 Å². The number of thiazole rings is 1. The molecule has 1 aromatic heterocycles. The summed E-state index contributed by atoms with van der Waals surface area (Å²) >= 11 is 1.09. The highest BCUT2D eigenvalue weighted by atomic mass is 32.2. The fourth-order valence-corrected chi connectivity index (χ4v) is 5.53. The van der Waals surface area contributed by atoms with Crippen molar-refractivity contribution in [2.75, 3.05) is 10.0 Å². The fraction of sp³-hybridized carbons (Fsp3) is 0.130. The van der Waals surface area contributed by atoms with Crippen LogP contribution in [0.5, 0.6) is 0 Å². The number of carbonyl (C=O) groups is 1. The molecule has 1 amide bonds. The smallest absolute Gasteiger partial charge is 0.307 e. The lowest BCUT2D eigenvalue weighted by molar-refractivity contribution is 0.102. The summed E-state index contributed by atoms with van der Waals surface area (Å²) < 4.78 is 30.8. The molecule has 4 rings (SSSR count). The zero-order chi connectivity index (χ0) is 23.0. The molecule has 0 atom stereocenters. The van der Waals surface area contributed by atoms with E-state index >= 15 is 0 Å². The van der Waals surface area contributed by atoms with Crippen molar-refractivity contribution >= 4 is 48.9 Å². The molecule has 1 heterocycles. The van der Waals surface area contributed by atoms with Crippen LogP contribution < -0.4 is 14.9 Å². The maximum Gasteiger partial charge on any atom is 0.307 e. The summed E-state index contributed by atoms with van der Waals surface area (Å²) in [6.45, 7) is 3.59. The number of benzene rings is 3. The molecular weight excluding hydrogens is 446 g/mol. The molecule has 32 heavy (non-hydrogen) atoms. The molecule has 3 aromatic carbocycles. The third kappa shape index (κ3) is 4.30. The Morgan fingerprint density at radius 2 is 1.62 bits per heavy atom. The lowest BCUT2D eigenvalue weighted by Gasteiger charge is -2.12. The van der Waals surface area contributed by atoms with E-state index in [1.165, 1.54) is 6.07 Å². The monoisotopic (exact) mass is 467 g/mol. The van der Waals surface area contributed by atoms with Crippen molar-refractivity contribution in [2.24, 2.45) is 7.05 Å². The average Bonchev–Trinajstić information content (AvgIpc) is 3.02. The molecule has 0 aliphatic rings. The number of aromatic nitrogens is 1. The average molecular weight is 468 g/mol. The highest BCUT2D eigenvalue weighted by Gasteiger charge is 2.20. The number of sulfonamides is 1. The first kappa shape index (κ1) is 21.8. The van der Waals surface area contributed by atoms with Crippen LogP contribution >= 0.6 is 11.3 Å². The second kappa shape index (κ2) is 8.25. The number of anilines is 2. The normalized spacial score (nSPS) is 11.5. The highest BCUT2D eigenvalue weighted by molar-refractivity contribution is 7.92. The van der Waals surface area contributed by atoms with Gasteiger partial charge in [0.1, 0.15) is 0 Å². The summed E-state index contributed by atoms with van der Waals surface area (Å²) in [6, 6.07) is 16.7. The Bertz CT molecular complexity index is 1500. The molecule has 0 aliphatic heterocycles. The standard InChI is InChI=1S/C23H21N3O4S2/c1-14-4-8-17(9-5-14)25-32(29,30)21-12-16(7-6-15(21)2)22(27)24-18-10-11-19-20(13-18)31-23(28)26(19)3/h4-13,25H,1-3H3,(H,24,27). The van der Waals surface area contributed by atoms with E-state index in [9.17, 15) is 18.0 Å². The van der Waals surface area contributed by atoms with Gasteiger partial charge < -0.3 is 9.88 Å². The zero-order valence-electron chi connectivity index (χ0n) is 17.7. The molecule has 0 radical (unpaired) electrons. The predicted octanol–water partition coefficient (Wildman–Crippen LogP) is 4.27. The summed E-state index contributed by atoms with van der Waals surface area (Å²) in [4.78, 5) is 24.6. The number of hydrogen-bond acceptors (Lipinski definition) is 5. The first-order chi connectivity index (χ1) is 15.1. The minimum Gasteiger partial charge on any atom is -0.322 e. The van der Waals surface area contributed by atoms with Gasteiger partial charge in [0.25, 0.3) is 15.9 Å². The number of rotatable bonds is 5. The third-order valence-electron chi connectivity index (χ3n) is 5.09. The van der Waals surface area contributed by atoms with Crippen LogP contribution in [0, 0.1) is 13.8 Å². The number of fused-ring (bicyclic) bond motifs is 1. The van der Waals surface area contributed by atoms with Crippen LogP contribution in [0.2, 0.25) is 0 Å². The SMILES string of the molecule is Cc1ccc(NS(=O)(=O)c2cc(C(=O)Nc3ccc4c(c3)sc(=O)n4C)ccc2C)cc1. The van der Waals surface area contributed by atoms with Crippen molar-refractivity contribution in [1.82, 2.24) is 4.57 Å². The number of hydrogen-bond donors (Lipinski definition) is 2. The van der Waals surface area contributed by atoms with Crippen molar-refractivity contribution in [1.29, 1.82) is 0 Å². The largest absolute Gasteiger partial charge is 0.322 e. The lowest BCUT2D eigenvalue weighted by atomic mass is 10.1. The predicted molar refractivity (Wildman–Crippen MR) is 128 cm³/mol. The number of aryl methyl sites for hydroxylation is 3.